The average Bonchev–Trinajstić information content (AvgIpc) is 2.50. The van der Waals surface area contributed by atoms with Gasteiger partial charge in [-0.3, -0.25) is 4.68 Å². The molecule has 0 aromatic carbocycles. The first-order valence-corrected chi connectivity index (χ1v) is 5.45. The minimum atomic E-state index is -0.211. The van der Waals surface area contributed by atoms with Gasteiger partial charge in [-0.15, -0.1) is 0 Å². The first-order chi connectivity index (χ1) is 7.08. The van der Waals surface area contributed by atoms with E-state index in [0.29, 0.717) is 5.92 Å². The third-order valence-corrected chi connectivity index (χ3v) is 2.31. The molecule has 2 unspecified atom stereocenters. The van der Waals surface area contributed by atoms with Gasteiger partial charge in [0, 0.05) is 19.8 Å². The zero-order chi connectivity index (χ0) is 11.3. The van der Waals surface area contributed by atoms with E-state index in [1.54, 1.807) is 4.68 Å². The van der Waals surface area contributed by atoms with Crippen LogP contribution in [0.1, 0.15) is 26.0 Å². The highest BCUT2D eigenvalue weighted by molar-refractivity contribution is 4.97. The Labute approximate surface area is 91.3 Å². The molecule has 1 aromatic heterocycles. The van der Waals surface area contributed by atoms with Crippen molar-refractivity contribution in [2.45, 2.75) is 32.9 Å². The second kappa shape index (κ2) is 5.88. The molecule has 86 valence electrons. The van der Waals surface area contributed by atoms with E-state index in [-0.39, 0.29) is 6.10 Å². The number of nitrogens with zero attached hydrogens (tertiary/aromatic N) is 2. The lowest BCUT2D eigenvalue weighted by Gasteiger charge is -2.13. The molecule has 0 bridgehead atoms. The van der Waals surface area contributed by atoms with Gasteiger partial charge < -0.3 is 10.4 Å². The summed E-state index contributed by atoms with van der Waals surface area (Å²) in [7, 11) is 1.92. The predicted molar refractivity (Wildman–Crippen MR) is 60.4 cm³/mol. The summed E-state index contributed by atoms with van der Waals surface area (Å²) in [6, 6.07) is 2.01. The molecule has 1 aromatic rings. The Balaban J connectivity index is 2.16. The molecule has 1 rings (SSSR count). The van der Waals surface area contributed by atoms with Crippen LogP contribution in [0.3, 0.4) is 0 Å². The Kier molecular flexibility index (Phi) is 4.78. The summed E-state index contributed by atoms with van der Waals surface area (Å²) in [5, 5.41) is 16.8. The SMILES string of the molecule is CC(O)CC(C)CNCc1ccn(C)n1. The number of rotatable bonds is 6. The summed E-state index contributed by atoms with van der Waals surface area (Å²) in [6.07, 6.45) is 2.57. The van der Waals surface area contributed by atoms with Gasteiger partial charge in [0.1, 0.15) is 0 Å². The molecule has 1 heterocycles. The lowest BCUT2D eigenvalue weighted by Crippen LogP contribution is -2.23. The maximum Gasteiger partial charge on any atom is 0.0762 e. The molecule has 4 heteroatoms. The van der Waals surface area contributed by atoms with Crippen molar-refractivity contribution in [2.24, 2.45) is 13.0 Å². The van der Waals surface area contributed by atoms with Crippen LogP contribution in [-0.4, -0.2) is 27.5 Å². The van der Waals surface area contributed by atoms with Crippen molar-refractivity contribution in [1.29, 1.82) is 0 Å². The summed E-state index contributed by atoms with van der Waals surface area (Å²) < 4.78 is 1.80. The van der Waals surface area contributed by atoms with Gasteiger partial charge in [0.05, 0.1) is 11.8 Å². The molecule has 0 saturated heterocycles. The van der Waals surface area contributed by atoms with Crippen molar-refractivity contribution >= 4 is 0 Å². The number of nitrogens with one attached hydrogen (secondary N) is 1. The van der Waals surface area contributed by atoms with Crippen molar-refractivity contribution in [3.05, 3.63) is 18.0 Å². The van der Waals surface area contributed by atoms with Crippen molar-refractivity contribution in [3.63, 3.8) is 0 Å². The van der Waals surface area contributed by atoms with E-state index in [9.17, 15) is 5.11 Å². The number of aliphatic hydroxyl groups excluding tert-OH is 1. The zero-order valence-corrected chi connectivity index (χ0v) is 9.77. The van der Waals surface area contributed by atoms with Crippen LogP contribution in [0.5, 0.6) is 0 Å². The van der Waals surface area contributed by atoms with E-state index < -0.39 is 0 Å². The lowest BCUT2D eigenvalue weighted by molar-refractivity contribution is 0.163. The fourth-order valence-corrected chi connectivity index (χ4v) is 1.67. The van der Waals surface area contributed by atoms with Gasteiger partial charge in [0.25, 0.3) is 0 Å². The van der Waals surface area contributed by atoms with Crippen LogP contribution in [0.15, 0.2) is 12.3 Å². The molecular formula is C11H21N3O. The minimum absolute atomic E-state index is 0.211. The molecule has 0 fully saturated rings. The topological polar surface area (TPSA) is 50.1 Å². The van der Waals surface area contributed by atoms with Crippen molar-refractivity contribution in [1.82, 2.24) is 15.1 Å². The summed E-state index contributed by atoms with van der Waals surface area (Å²) in [5.74, 6) is 0.494. The van der Waals surface area contributed by atoms with E-state index in [4.69, 9.17) is 0 Å². The van der Waals surface area contributed by atoms with Gasteiger partial charge in [-0.25, -0.2) is 0 Å². The minimum Gasteiger partial charge on any atom is -0.393 e. The van der Waals surface area contributed by atoms with Crippen molar-refractivity contribution in [2.75, 3.05) is 6.54 Å². The molecule has 0 amide bonds. The molecule has 0 aliphatic carbocycles. The van der Waals surface area contributed by atoms with Gasteiger partial charge in [0.2, 0.25) is 0 Å². The molecular weight excluding hydrogens is 190 g/mol. The second-order valence-corrected chi connectivity index (χ2v) is 4.30. The molecule has 0 radical (unpaired) electrons. The van der Waals surface area contributed by atoms with E-state index in [1.165, 1.54) is 0 Å². The third-order valence-electron chi connectivity index (χ3n) is 2.31. The molecule has 4 nitrogen and oxygen atoms in total. The number of aromatic nitrogens is 2. The zero-order valence-electron chi connectivity index (χ0n) is 9.77. The van der Waals surface area contributed by atoms with Crippen LogP contribution in [0.25, 0.3) is 0 Å². The molecule has 2 atom stereocenters. The van der Waals surface area contributed by atoms with Crippen LogP contribution in [0.4, 0.5) is 0 Å². The summed E-state index contributed by atoms with van der Waals surface area (Å²) in [5.41, 5.74) is 1.06. The van der Waals surface area contributed by atoms with Crippen LogP contribution in [0.2, 0.25) is 0 Å². The summed E-state index contributed by atoms with van der Waals surface area (Å²) >= 11 is 0. The van der Waals surface area contributed by atoms with Gasteiger partial charge >= 0.3 is 0 Å². The number of aliphatic hydroxyl groups is 1. The van der Waals surface area contributed by atoms with Gasteiger partial charge in [-0.05, 0) is 31.9 Å². The van der Waals surface area contributed by atoms with Gasteiger partial charge in [0.15, 0.2) is 0 Å². The number of aryl methyl sites for hydroxylation is 1. The molecule has 0 aliphatic heterocycles. The first kappa shape index (κ1) is 12.2. The van der Waals surface area contributed by atoms with Gasteiger partial charge in [-0.1, -0.05) is 6.92 Å². The smallest absolute Gasteiger partial charge is 0.0762 e. The van der Waals surface area contributed by atoms with E-state index >= 15 is 0 Å². The van der Waals surface area contributed by atoms with Crippen LogP contribution < -0.4 is 5.32 Å². The lowest BCUT2D eigenvalue weighted by atomic mass is 10.0. The second-order valence-electron chi connectivity index (χ2n) is 4.30. The Morgan fingerprint density at radius 2 is 2.27 bits per heavy atom. The maximum absolute atomic E-state index is 9.20. The van der Waals surface area contributed by atoms with Crippen molar-refractivity contribution in [3.8, 4) is 0 Å². The highest BCUT2D eigenvalue weighted by Crippen LogP contribution is 2.04. The van der Waals surface area contributed by atoms with E-state index in [0.717, 1.165) is 25.2 Å². The highest BCUT2D eigenvalue weighted by atomic mass is 16.3. The summed E-state index contributed by atoms with van der Waals surface area (Å²) in [4.78, 5) is 0. The molecule has 0 aliphatic rings. The van der Waals surface area contributed by atoms with Crippen LogP contribution in [0, 0.1) is 5.92 Å². The Hall–Kier alpha value is -0.870. The normalized spacial score (nSPS) is 15.2. The quantitative estimate of drug-likeness (QED) is 0.735. The molecule has 15 heavy (non-hydrogen) atoms. The fraction of sp³-hybridized carbons (Fsp3) is 0.727. The van der Waals surface area contributed by atoms with Crippen LogP contribution in [-0.2, 0) is 13.6 Å². The van der Waals surface area contributed by atoms with E-state index in [1.807, 2.05) is 26.2 Å². The van der Waals surface area contributed by atoms with E-state index in [2.05, 4.69) is 17.3 Å². The number of hydrogen-bond acceptors (Lipinski definition) is 3. The largest absolute Gasteiger partial charge is 0.393 e. The Morgan fingerprint density at radius 1 is 1.53 bits per heavy atom. The molecule has 2 N–H and O–H groups in total. The molecule has 0 saturated carbocycles. The van der Waals surface area contributed by atoms with Gasteiger partial charge in [-0.2, -0.15) is 5.10 Å². The van der Waals surface area contributed by atoms with Crippen LogP contribution >= 0.6 is 0 Å². The standard InChI is InChI=1S/C11H21N3O/c1-9(6-10(2)15)7-12-8-11-4-5-14(3)13-11/h4-5,9-10,12,15H,6-8H2,1-3H3. The first-order valence-electron chi connectivity index (χ1n) is 5.45. The highest BCUT2D eigenvalue weighted by Gasteiger charge is 2.05. The number of hydrogen-bond donors (Lipinski definition) is 2. The molecule has 0 spiro atoms. The van der Waals surface area contributed by atoms with Crippen molar-refractivity contribution < 1.29 is 5.11 Å². The average molecular weight is 211 g/mol. The predicted octanol–water partition coefficient (Wildman–Crippen LogP) is 0.917. The Morgan fingerprint density at radius 3 is 2.80 bits per heavy atom. The fourth-order valence-electron chi connectivity index (χ4n) is 1.67. The third kappa shape index (κ3) is 4.95. The maximum atomic E-state index is 9.20. The monoisotopic (exact) mass is 211 g/mol. The summed E-state index contributed by atoms with van der Waals surface area (Å²) in [6.45, 7) is 5.68. The Bertz CT molecular complexity index is 283.